The van der Waals surface area contributed by atoms with Crippen molar-refractivity contribution in [3.8, 4) is 23.2 Å². The predicted molar refractivity (Wildman–Crippen MR) is 134 cm³/mol. The topological polar surface area (TPSA) is 103 Å². The molecule has 1 amide bonds. The second-order valence-corrected chi connectivity index (χ2v) is 8.81. The molecule has 2 aromatic heterocycles. The third kappa shape index (κ3) is 4.89. The Balaban J connectivity index is 1.54. The molecule has 192 valence electrons. The number of anilines is 1. The van der Waals surface area contributed by atoms with Crippen molar-refractivity contribution in [3.05, 3.63) is 59.4 Å². The molecule has 0 atom stereocenters. The molecule has 1 fully saturated rings. The largest absolute Gasteiger partial charge is 0.494 e. The maximum atomic E-state index is 14.6. The first-order valence-electron chi connectivity index (χ1n) is 12.0. The number of carbonyl (C=O) groups excluding carboxylic acids is 1. The summed E-state index contributed by atoms with van der Waals surface area (Å²) in [6, 6.07) is 8.01. The summed E-state index contributed by atoms with van der Waals surface area (Å²) in [5.74, 6) is -2.71. The Hall–Kier alpha value is -4.28. The van der Waals surface area contributed by atoms with Crippen molar-refractivity contribution < 1.29 is 23.0 Å². The molecule has 11 heteroatoms. The highest BCUT2D eigenvalue weighted by Gasteiger charge is 2.25. The van der Waals surface area contributed by atoms with Crippen molar-refractivity contribution in [2.75, 3.05) is 19.0 Å². The first-order valence-corrected chi connectivity index (χ1v) is 12.0. The number of ether oxygens (including phenoxy) is 2. The Morgan fingerprint density at radius 2 is 1.89 bits per heavy atom. The number of carbonyl (C=O) groups is 1. The number of nitrogens with zero attached hydrogens (tertiary/aromatic N) is 4. The number of imidazole rings is 1. The maximum Gasteiger partial charge on any atom is 0.326 e. The lowest BCUT2D eigenvalue weighted by Gasteiger charge is -2.12. The molecule has 5 rings (SSSR count). The molecule has 1 saturated carbocycles. The molecule has 2 aromatic carbocycles. The Kier molecular flexibility index (Phi) is 6.60. The number of halogens is 2. The molecular formula is C26H26F2N6O3. The van der Waals surface area contributed by atoms with E-state index in [1.165, 1.54) is 19.2 Å². The van der Waals surface area contributed by atoms with Gasteiger partial charge in [-0.1, -0.05) is 6.92 Å². The number of rotatable bonds is 9. The van der Waals surface area contributed by atoms with E-state index in [2.05, 4.69) is 25.6 Å². The van der Waals surface area contributed by atoms with Gasteiger partial charge in [-0.3, -0.25) is 9.36 Å². The summed E-state index contributed by atoms with van der Waals surface area (Å²) in [5.41, 5.74) is 2.99. The SMILES string of the molecule is CCCNc1nc(Oc2ccc(OC)c(F)c2F)nc2c1ncn2-c1ccc(C(=O)NC2CC2)c(C)c1. The van der Waals surface area contributed by atoms with E-state index < -0.39 is 11.6 Å². The van der Waals surface area contributed by atoms with E-state index >= 15 is 0 Å². The van der Waals surface area contributed by atoms with Crippen molar-refractivity contribution in [2.45, 2.75) is 39.2 Å². The minimum absolute atomic E-state index is 0.0974. The van der Waals surface area contributed by atoms with Crippen LogP contribution in [-0.2, 0) is 0 Å². The molecule has 0 unspecified atom stereocenters. The Morgan fingerprint density at radius 1 is 1.14 bits per heavy atom. The van der Waals surface area contributed by atoms with Crippen LogP contribution in [0.1, 0.15) is 42.1 Å². The number of benzene rings is 2. The fraction of sp³-hybridized carbons (Fsp3) is 0.308. The van der Waals surface area contributed by atoms with Crippen LogP contribution in [0.3, 0.4) is 0 Å². The Labute approximate surface area is 211 Å². The van der Waals surface area contributed by atoms with E-state index in [-0.39, 0.29) is 29.5 Å². The van der Waals surface area contributed by atoms with Gasteiger partial charge in [0, 0.05) is 23.8 Å². The normalized spacial score (nSPS) is 13.0. The summed E-state index contributed by atoms with van der Waals surface area (Å²) in [5, 5.41) is 6.18. The van der Waals surface area contributed by atoms with Gasteiger partial charge in [-0.15, -0.1) is 0 Å². The number of hydrogen-bond donors (Lipinski definition) is 2. The lowest BCUT2D eigenvalue weighted by molar-refractivity contribution is 0.0950. The average molecular weight is 509 g/mol. The minimum atomic E-state index is -1.21. The Bertz CT molecular complexity index is 1490. The van der Waals surface area contributed by atoms with Gasteiger partial charge in [-0.05, 0) is 62.1 Å². The standard InChI is InChI=1S/C26H26F2N6O3/c1-4-11-29-23-22-24(33-26(32-23)37-19-10-9-18(36-3)20(27)21(19)28)34(13-30-22)16-7-8-17(14(2)12-16)25(35)31-15-5-6-15/h7-10,12-13,15H,4-6,11H2,1-3H3,(H,31,35)(H,29,32,33). The minimum Gasteiger partial charge on any atom is -0.494 e. The molecule has 2 N–H and O–H groups in total. The molecule has 0 spiro atoms. The van der Waals surface area contributed by atoms with Crippen molar-refractivity contribution in [1.29, 1.82) is 0 Å². The number of methoxy groups -OCH3 is 1. The zero-order valence-electron chi connectivity index (χ0n) is 20.6. The first kappa shape index (κ1) is 24.4. The molecule has 4 aromatic rings. The van der Waals surface area contributed by atoms with E-state index in [1.54, 1.807) is 23.0 Å². The van der Waals surface area contributed by atoms with Gasteiger partial charge in [0.25, 0.3) is 5.91 Å². The van der Waals surface area contributed by atoms with E-state index in [0.717, 1.165) is 30.5 Å². The number of aryl methyl sites for hydroxylation is 1. The van der Waals surface area contributed by atoms with Crippen LogP contribution in [0, 0.1) is 18.6 Å². The monoisotopic (exact) mass is 508 g/mol. The fourth-order valence-electron chi connectivity index (χ4n) is 3.87. The van der Waals surface area contributed by atoms with Crippen LogP contribution in [0.15, 0.2) is 36.7 Å². The number of aromatic nitrogens is 4. The zero-order valence-corrected chi connectivity index (χ0v) is 20.6. The number of hydrogen-bond acceptors (Lipinski definition) is 7. The van der Waals surface area contributed by atoms with E-state index in [1.807, 2.05) is 19.9 Å². The third-order valence-corrected chi connectivity index (χ3v) is 6.00. The highest BCUT2D eigenvalue weighted by molar-refractivity contribution is 5.96. The Morgan fingerprint density at radius 3 is 2.59 bits per heavy atom. The van der Waals surface area contributed by atoms with Crippen molar-refractivity contribution in [3.63, 3.8) is 0 Å². The molecule has 37 heavy (non-hydrogen) atoms. The van der Waals surface area contributed by atoms with Gasteiger partial charge in [-0.25, -0.2) is 4.98 Å². The number of fused-ring (bicyclic) bond motifs is 1. The summed E-state index contributed by atoms with van der Waals surface area (Å²) in [6.45, 7) is 4.47. The number of amides is 1. The lowest BCUT2D eigenvalue weighted by Crippen LogP contribution is -2.26. The smallest absolute Gasteiger partial charge is 0.326 e. The van der Waals surface area contributed by atoms with Gasteiger partial charge < -0.3 is 20.1 Å². The highest BCUT2D eigenvalue weighted by Crippen LogP contribution is 2.32. The molecule has 9 nitrogen and oxygen atoms in total. The van der Waals surface area contributed by atoms with Gasteiger partial charge in [0.1, 0.15) is 6.33 Å². The van der Waals surface area contributed by atoms with Crippen molar-refractivity contribution in [2.24, 2.45) is 0 Å². The second kappa shape index (κ2) is 10.00. The lowest BCUT2D eigenvalue weighted by atomic mass is 10.1. The van der Waals surface area contributed by atoms with Crippen molar-refractivity contribution >= 4 is 22.9 Å². The van der Waals surface area contributed by atoms with Gasteiger partial charge >= 0.3 is 6.01 Å². The summed E-state index contributed by atoms with van der Waals surface area (Å²) in [6.07, 6.45) is 4.43. The van der Waals surface area contributed by atoms with Crippen LogP contribution >= 0.6 is 0 Å². The van der Waals surface area contributed by atoms with Gasteiger partial charge in [-0.2, -0.15) is 18.7 Å². The second-order valence-electron chi connectivity index (χ2n) is 8.81. The van der Waals surface area contributed by atoms with Crippen LogP contribution in [0.2, 0.25) is 0 Å². The predicted octanol–water partition coefficient (Wildman–Crippen LogP) is 4.92. The van der Waals surface area contributed by atoms with Gasteiger partial charge in [0.15, 0.2) is 28.5 Å². The van der Waals surface area contributed by atoms with Crippen molar-refractivity contribution in [1.82, 2.24) is 24.8 Å². The molecular weight excluding hydrogens is 482 g/mol. The van der Waals surface area contributed by atoms with E-state index in [4.69, 9.17) is 9.47 Å². The first-order chi connectivity index (χ1) is 17.9. The molecule has 0 radical (unpaired) electrons. The summed E-state index contributed by atoms with van der Waals surface area (Å²) < 4.78 is 40.9. The van der Waals surface area contributed by atoms with Gasteiger partial charge in [0.2, 0.25) is 11.6 Å². The van der Waals surface area contributed by atoms with Crippen LogP contribution in [0.5, 0.6) is 17.5 Å². The van der Waals surface area contributed by atoms with E-state index in [9.17, 15) is 13.6 Å². The van der Waals surface area contributed by atoms with Crippen LogP contribution in [-0.4, -0.2) is 45.1 Å². The fourth-order valence-corrected chi connectivity index (χ4v) is 3.87. The quantitative estimate of drug-likeness (QED) is 0.331. The maximum absolute atomic E-state index is 14.6. The summed E-state index contributed by atoms with van der Waals surface area (Å²) in [7, 11) is 1.25. The average Bonchev–Trinajstić information content (AvgIpc) is 3.60. The van der Waals surface area contributed by atoms with Crippen LogP contribution < -0.4 is 20.1 Å². The third-order valence-electron chi connectivity index (χ3n) is 6.00. The van der Waals surface area contributed by atoms with Crippen LogP contribution in [0.4, 0.5) is 14.6 Å². The zero-order chi connectivity index (χ0) is 26.1. The molecule has 1 aliphatic carbocycles. The number of nitrogens with one attached hydrogen (secondary N) is 2. The molecule has 0 bridgehead atoms. The molecule has 2 heterocycles. The van der Waals surface area contributed by atoms with Crippen LogP contribution in [0.25, 0.3) is 16.9 Å². The highest BCUT2D eigenvalue weighted by atomic mass is 19.2. The summed E-state index contributed by atoms with van der Waals surface area (Å²) >= 11 is 0. The molecule has 0 saturated heterocycles. The molecule has 0 aliphatic heterocycles. The summed E-state index contributed by atoms with van der Waals surface area (Å²) in [4.78, 5) is 25.8. The molecule has 1 aliphatic rings. The van der Waals surface area contributed by atoms with E-state index in [0.29, 0.717) is 29.1 Å². The van der Waals surface area contributed by atoms with Gasteiger partial charge in [0.05, 0.1) is 7.11 Å².